The molecule has 1 N–H and O–H groups in total. The molecule has 0 saturated carbocycles. The van der Waals surface area contributed by atoms with E-state index in [-0.39, 0.29) is 0 Å². The molecule has 4 heterocycles. The van der Waals surface area contributed by atoms with Gasteiger partial charge in [0.1, 0.15) is 17.5 Å². The van der Waals surface area contributed by atoms with Gasteiger partial charge >= 0.3 is 0 Å². The Labute approximate surface area is 161 Å². The van der Waals surface area contributed by atoms with E-state index in [2.05, 4.69) is 46.9 Å². The van der Waals surface area contributed by atoms with Crippen LogP contribution in [-0.4, -0.2) is 62.9 Å². The van der Waals surface area contributed by atoms with Crippen molar-refractivity contribution in [3.63, 3.8) is 0 Å². The van der Waals surface area contributed by atoms with Gasteiger partial charge in [-0.05, 0) is 44.8 Å². The monoisotopic (exact) mass is 370 g/mol. The molecule has 2 aromatic heterocycles. The first-order valence-corrected chi connectivity index (χ1v) is 10.1. The van der Waals surface area contributed by atoms with Crippen LogP contribution in [0.25, 0.3) is 0 Å². The highest BCUT2D eigenvalue weighted by Gasteiger charge is 2.27. The predicted molar refractivity (Wildman–Crippen MR) is 106 cm³/mol. The molecule has 0 aliphatic carbocycles. The number of aromatic nitrogens is 5. The molecule has 0 spiro atoms. The molecule has 2 aliphatic rings. The molecule has 146 valence electrons. The standard InChI is InChI=1S/C19H30N8/c1-20-16-8-9-21-19(22-16)27-12-6-7-15(13-27)18-24-23-17(25(18)2)14-26-10-4-3-5-11-26/h8-9,15H,3-7,10-14H2,1-2H3,(H,20,21,22)/t15-/m1/s1. The lowest BCUT2D eigenvalue weighted by molar-refractivity contribution is 0.213. The Kier molecular flexibility index (Phi) is 5.52. The van der Waals surface area contributed by atoms with Gasteiger partial charge in [-0.15, -0.1) is 10.2 Å². The van der Waals surface area contributed by atoms with Crippen LogP contribution in [0.1, 0.15) is 49.7 Å². The molecular formula is C19H30N8. The largest absolute Gasteiger partial charge is 0.373 e. The maximum Gasteiger partial charge on any atom is 0.227 e. The number of rotatable bonds is 5. The molecule has 2 fully saturated rings. The molecule has 0 unspecified atom stereocenters. The zero-order chi connectivity index (χ0) is 18.6. The van der Waals surface area contributed by atoms with Crippen molar-refractivity contribution in [3.05, 3.63) is 23.9 Å². The van der Waals surface area contributed by atoms with Crippen molar-refractivity contribution in [1.29, 1.82) is 0 Å². The van der Waals surface area contributed by atoms with E-state index in [0.717, 1.165) is 55.9 Å². The van der Waals surface area contributed by atoms with Crippen molar-refractivity contribution >= 4 is 11.8 Å². The molecule has 0 radical (unpaired) electrons. The van der Waals surface area contributed by atoms with Crippen molar-refractivity contribution in [3.8, 4) is 0 Å². The SMILES string of the molecule is CNc1ccnc(N2CCC[C@@H](c3nnc(CN4CCCCC4)n3C)C2)n1. The van der Waals surface area contributed by atoms with Crippen LogP contribution in [0.15, 0.2) is 12.3 Å². The van der Waals surface area contributed by atoms with Gasteiger partial charge in [0.2, 0.25) is 5.95 Å². The fourth-order valence-electron chi connectivity index (χ4n) is 4.20. The summed E-state index contributed by atoms with van der Waals surface area (Å²) < 4.78 is 2.22. The summed E-state index contributed by atoms with van der Waals surface area (Å²) in [6, 6.07) is 1.89. The van der Waals surface area contributed by atoms with E-state index in [1.807, 2.05) is 19.3 Å². The Bertz CT molecular complexity index is 752. The normalized spacial score (nSPS) is 21.4. The van der Waals surface area contributed by atoms with Crippen LogP contribution in [-0.2, 0) is 13.6 Å². The summed E-state index contributed by atoms with van der Waals surface area (Å²) in [5, 5.41) is 12.2. The fraction of sp³-hybridized carbons (Fsp3) is 0.684. The van der Waals surface area contributed by atoms with Gasteiger partial charge in [0.25, 0.3) is 0 Å². The summed E-state index contributed by atoms with van der Waals surface area (Å²) >= 11 is 0. The summed E-state index contributed by atoms with van der Waals surface area (Å²) in [6.45, 7) is 5.15. The maximum atomic E-state index is 4.60. The zero-order valence-corrected chi connectivity index (χ0v) is 16.4. The van der Waals surface area contributed by atoms with Crippen molar-refractivity contribution in [1.82, 2.24) is 29.6 Å². The molecule has 2 aromatic rings. The molecule has 27 heavy (non-hydrogen) atoms. The van der Waals surface area contributed by atoms with Crippen LogP contribution in [0.5, 0.6) is 0 Å². The highest BCUT2D eigenvalue weighted by atomic mass is 15.3. The second kappa shape index (κ2) is 8.21. The van der Waals surface area contributed by atoms with Gasteiger partial charge in [-0.25, -0.2) is 4.98 Å². The van der Waals surface area contributed by atoms with Crippen LogP contribution in [0.4, 0.5) is 11.8 Å². The minimum absolute atomic E-state index is 0.369. The minimum atomic E-state index is 0.369. The number of anilines is 2. The average Bonchev–Trinajstić information content (AvgIpc) is 3.09. The smallest absolute Gasteiger partial charge is 0.227 e. The van der Waals surface area contributed by atoms with Crippen molar-refractivity contribution in [2.24, 2.45) is 7.05 Å². The molecule has 0 amide bonds. The Balaban J connectivity index is 1.46. The molecule has 0 aromatic carbocycles. The third-order valence-corrected chi connectivity index (χ3v) is 5.78. The van der Waals surface area contributed by atoms with Crippen LogP contribution in [0.2, 0.25) is 0 Å². The van der Waals surface area contributed by atoms with Gasteiger partial charge in [-0.1, -0.05) is 6.42 Å². The third kappa shape index (κ3) is 4.05. The number of piperidine rings is 2. The molecule has 4 rings (SSSR count). The van der Waals surface area contributed by atoms with Crippen LogP contribution in [0, 0.1) is 0 Å². The third-order valence-electron chi connectivity index (χ3n) is 5.78. The summed E-state index contributed by atoms with van der Waals surface area (Å²) in [4.78, 5) is 13.8. The molecule has 2 saturated heterocycles. The second-order valence-electron chi connectivity index (χ2n) is 7.65. The average molecular weight is 371 g/mol. The van der Waals surface area contributed by atoms with Gasteiger partial charge < -0.3 is 14.8 Å². The Hall–Kier alpha value is -2.22. The quantitative estimate of drug-likeness (QED) is 0.863. The van der Waals surface area contributed by atoms with Crippen LogP contribution < -0.4 is 10.2 Å². The lowest BCUT2D eigenvalue weighted by Crippen LogP contribution is -2.36. The summed E-state index contributed by atoms with van der Waals surface area (Å²) in [5.74, 6) is 4.19. The fourth-order valence-corrected chi connectivity index (χ4v) is 4.20. The Morgan fingerprint density at radius 2 is 1.96 bits per heavy atom. The predicted octanol–water partition coefficient (Wildman–Crippen LogP) is 2.02. The highest BCUT2D eigenvalue weighted by molar-refractivity contribution is 5.41. The van der Waals surface area contributed by atoms with E-state index in [4.69, 9.17) is 0 Å². The van der Waals surface area contributed by atoms with Crippen molar-refractivity contribution < 1.29 is 0 Å². The van der Waals surface area contributed by atoms with E-state index < -0.39 is 0 Å². The first-order valence-electron chi connectivity index (χ1n) is 10.1. The van der Waals surface area contributed by atoms with Crippen molar-refractivity contribution in [2.75, 3.05) is 43.4 Å². The van der Waals surface area contributed by atoms with Crippen LogP contribution in [0.3, 0.4) is 0 Å². The number of likely N-dealkylation sites (tertiary alicyclic amines) is 1. The van der Waals surface area contributed by atoms with E-state index in [9.17, 15) is 0 Å². The van der Waals surface area contributed by atoms with E-state index in [1.54, 1.807) is 0 Å². The minimum Gasteiger partial charge on any atom is -0.373 e. The summed E-state index contributed by atoms with van der Waals surface area (Å²) in [5.41, 5.74) is 0. The van der Waals surface area contributed by atoms with Gasteiger partial charge in [0, 0.05) is 39.3 Å². The lowest BCUT2D eigenvalue weighted by atomic mass is 9.97. The molecule has 8 nitrogen and oxygen atoms in total. The molecule has 0 bridgehead atoms. The Morgan fingerprint density at radius 1 is 1.11 bits per heavy atom. The Morgan fingerprint density at radius 3 is 2.78 bits per heavy atom. The van der Waals surface area contributed by atoms with E-state index >= 15 is 0 Å². The van der Waals surface area contributed by atoms with E-state index in [1.165, 1.54) is 32.4 Å². The van der Waals surface area contributed by atoms with Gasteiger partial charge in [0.15, 0.2) is 0 Å². The highest BCUT2D eigenvalue weighted by Crippen LogP contribution is 2.28. The topological polar surface area (TPSA) is 75.0 Å². The van der Waals surface area contributed by atoms with Gasteiger partial charge in [-0.2, -0.15) is 4.98 Å². The number of hydrogen-bond donors (Lipinski definition) is 1. The summed E-state index contributed by atoms with van der Waals surface area (Å²) in [7, 11) is 4.00. The van der Waals surface area contributed by atoms with Crippen LogP contribution >= 0.6 is 0 Å². The zero-order valence-electron chi connectivity index (χ0n) is 16.4. The second-order valence-corrected chi connectivity index (χ2v) is 7.65. The number of nitrogens with one attached hydrogen (secondary N) is 1. The summed E-state index contributed by atoms with van der Waals surface area (Å²) in [6.07, 6.45) is 8.03. The molecule has 8 heteroatoms. The lowest BCUT2D eigenvalue weighted by Gasteiger charge is -2.32. The molecule has 2 aliphatic heterocycles. The number of nitrogens with zero attached hydrogens (tertiary/aromatic N) is 7. The van der Waals surface area contributed by atoms with Gasteiger partial charge in [0.05, 0.1) is 6.54 Å². The molecule has 1 atom stereocenters. The van der Waals surface area contributed by atoms with E-state index in [0.29, 0.717) is 5.92 Å². The first-order chi connectivity index (χ1) is 13.2. The van der Waals surface area contributed by atoms with Crippen molar-refractivity contribution in [2.45, 2.75) is 44.6 Å². The number of hydrogen-bond acceptors (Lipinski definition) is 7. The maximum absolute atomic E-state index is 4.60. The first kappa shape index (κ1) is 18.2. The van der Waals surface area contributed by atoms with Gasteiger partial charge in [-0.3, -0.25) is 4.90 Å². The molecular weight excluding hydrogens is 340 g/mol.